The number of hydrogen-bond donors (Lipinski definition) is 1. The summed E-state index contributed by atoms with van der Waals surface area (Å²) in [7, 11) is 0. The second kappa shape index (κ2) is 5.28. The van der Waals surface area contributed by atoms with Gasteiger partial charge in [0, 0.05) is 18.5 Å². The van der Waals surface area contributed by atoms with Crippen molar-refractivity contribution < 1.29 is 9.90 Å². The lowest BCUT2D eigenvalue weighted by atomic mass is 9.94. The minimum atomic E-state index is -0.675. The quantitative estimate of drug-likeness (QED) is 0.881. The number of amides is 1. The van der Waals surface area contributed by atoms with E-state index < -0.39 is 5.60 Å². The van der Waals surface area contributed by atoms with Gasteiger partial charge < -0.3 is 10.0 Å². The Bertz CT molecular complexity index is 690. The number of piperidine rings is 1. The maximum absolute atomic E-state index is 12.5. The summed E-state index contributed by atoms with van der Waals surface area (Å²) in [5.74, 6) is -0.127. The first-order valence-corrected chi connectivity index (χ1v) is 7.41. The molecule has 1 fully saturated rings. The van der Waals surface area contributed by atoms with Crippen LogP contribution in [0, 0.1) is 0 Å². The SMILES string of the molecule is CC1(O)CCN(C(=O)c2cc(Cl)c3ccccc3n2)CC1. The van der Waals surface area contributed by atoms with Crippen LogP contribution in [0.2, 0.25) is 5.02 Å². The van der Waals surface area contributed by atoms with E-state index in [0.29, 0.717) is 36.6 Å². The van der Waals surface area contributed by atoms with Crippen molar-refractivity contribution in [1.29, 1.82) is 0 Å². The fourth-order valence-electron chi connectivity index (χ4n) is 2.60. The molecule has 3 rings (SSSR count). The Morgan fingerprint density at radius 3 is 2.71 bits per heavy atom. The minimum absolute atomic E-state index is 0.127. The van der Waals surface area contributed by atoms with Crippen molar-refractivity contribution in [3.8, 4) is 0 Å². The number of para-hydroxylation sites is 1. The molecule has 1 aromatic heterocycles. The Balaban J connectivity index is 1.88. The first kappa shape index (κ1) is 14.3. The number of pyridine rings is 1. The molecule has 1 aliphatic heterocycles. The van der Waals surface area contributed by atoms with Crippen molar-refractivity contribution in [2.45, 2.75) is 25.4 Å². The normalized spacial score (nSPS) is 18.0. The van der Waals surface area contributed by atoms with E-state index in [0.717, 1.165) is 10.9 Å². The fourth-order valence-corrected chi connectivity index (χ4v) is 2.86. The van der Waals surface area contributed by atoms with E-state index in [1.807, 2.05) is 24.3 Å². The summed E-state index contributed by atoms with van der Waals surface area (Å²) in [4.78, 5) is 18.7. The van der Waals surface area contributed by atoms with Crippen LogP contribution in [0.15, 0.2) is 30.3 Å². The zero-order chi connectivity index (χ0) is 15.0. The molecule has 0 spiro atoms. The van der Waals surface area contributed by atoms with E-state index in [4.69, 9.17) is 11.6 Å². The van der Waals surface area contributed by atoms with Gasteiger partial charge in [-0.25, -0.2) is 4.98 Å². The Kier molecular flexibility index (Phi) is 3.59. The summed E-state index contributed by atoms with van der Waals surface area (Å²) in [5, 5.41) is 11.3. The summed E-state index contributed by atoms with van der Waals surface area (Å²) >= 11 is 6.24. The van der Waals surface area contributed by atoms with Crippen molar-refractivity contribution in [1.82, 2.24) is 9.88 Å². The van der Waals surface area contributed by atoms with Gasteiger partial charge in [-0.05, 0) is 31.9 Å². The molecule has 2 heterocycles. The van der Waals surface area contributed by atoms with Crippen molar-refractivity contribution in [3.05, 3.63) is 41.0 Å². The topological polar surface area (TPSA) is 53.4 Å². The molecule has 110 valence electrons. The summed E-state index contributed by atoms with van der Waals surface area (Å²) in [6.07, 6.45) is 1.17. The first-order valence-electron chi connectivity index (χ1n) is 7.03. The highest BCUT2D eigenvalue weighted by molar-refractivity contribution is 6.35. The number of nitrogens with zero attached hydrogens (tertiary/aromatic N) is 2. The van der Waals surface area contributed by atoms with Crippen LogP contribution >= 0.6 is 11.6 Å². The molecule has 0 radical (unpaired) electrons. The lowest BCUT2D eigenvalue weighted by Crippen LogP contribution is -2.45. The Morgan fingerprint density at radius 1 is 1.33 bits per heavy atom. The maximum Gasteiger partial charge on any atom is 0.272 e. The average molecular weight is 305 g/mol. The number of hydrogen-bond acceptors (Lipinski definition) is 3. The van der Waals surface area contributed by atoms with Crippen molar-refractivity contribution in [2.24, 2.45) is 0 Å². The number of benzene rings is 1. The lowest BCUT2D eigenvalue weighted by molar-refractivity contribution is -0.00218. The van der Waals surface area contributed by atoms with Gasteiger partial charge in [-0.15, -0.1) is 0 Å². The largest absolute Gasteiger partial charge is 0.390 e. The van der Waals surface area contributed by atoms with Crippen LogP contribution in [-0.2, 0) is 0 Å². The standard InChI is InChI=1S/C16H17ClN2O2/c1-16(21)6-8-19(9-7-16)15(20)14-10-12(17)11-4-2-3-5-13(11)18-14/h2-5,10,21H,6-9H2,1H3. The molecular weight excluding hydrogens is 288 g/mol. The molecule has 0 aliphatic carbocycles. The summed E-state index contributed by atoms with van der Waals surface area (Å²) < 4.78 is 0. The number of rotatable bonds is 1. The van der Waals surface area contributed by atoms with Crippen LogP contribution in [0.4, 0.5) is 0 Å². The zero-order valence-corrected chi connectivity index (χ0v) is 12.6. The highest BCUT2D eigenvalue weighted by Gasteiger charge is 2.30. The van der Waals surface area contributed by atoms with Crippen LogP contribution in [0.5, 0.6) is 0 Å². The molecule has 0 saturated carbocycles. The van der Waals surface area contributed by atoms with Gasteiger partial charge in [-0.3, -0.25) is 4.79 Å². The van der Waals surface area contributed by atoms with E-state index in [1.54, 1.807) is 17.9 Å². The predicted molar refractivity (Wildman–Crippen MR) is 82.5 cm³/mol. The van der Waals surface area contributed by atoms with Crippen molar-refractivity contribution in [3.63, 3.8) is 0 Å². The van der Waals surface area contributed by atoms with Gasteiger partial charge in [-0.1, -0.05) is 29.8 Å². The fraction of sp³-hybridized carbons (Fsp3) is 0.375. The number of fused-ring (bicyclic) bond motifs is 1. The van der Waals surface area contributed by atoms with Gasteiger partial charge in [0.15, 0.2) is 0 Å². The monoisotopic (exact) mass is 304 g/mol. The molecule has 21 heavy (non-hydrogen) atoms. The van der Waals surface area contributed by atoms with Gasteiger partial charge in [-0.2, -0.15) is 0 Å². The third-order valence-electron chi connectivity index (χ3n) is 4.01. The third kappa shape index (κ3) is 2.87. The third-order valence-corrected chi connectivity index (χ3v) is 4.33. The van der Waals surface area contributed by atoms with E-state index in [2.05, 4.69) is 4.98 Å². The van der Waals surface area contributed by atoms with Crippen LogP contribution in [0.3, 0.4) is 0 Å². The second-order valence-corrected chi connectivity index (χ2v) is 6.20. The Hall–Kier alpha value is -1.65. The van der Waals surface area contributed by atoms with Gasteiger partial charge in [0.05, 0.1) is 16.1 Å². The number of carbonyl (C=O) groups excluding carboxylic acids is 1. The molecule has 1 N–H and O–H groups in total. The number of aliphatic hydroxyl groups is 1. The van der Waals surface area contributed by atoms with Gasteiger partial charge in [0.2, 0.25) is 0 Å². The second-order valence-electron chi connectivity index (χ2n) is 5.80. The molecule has 4 nitrogen and oxygen atoms in total. The van der Waals surface area contributed by atoms with Crippen molar-refractivity contribution >= 4 is 28.4 Å². The zero-order valence-electron chi connectivity index (χ0n) is 11.8. The molecule has 0 unspecified atom stereocenters. The van der Waals surface area contributed by atoms with Crippen LogP contribution in [0.1, 0.15) is 30.3 Å². The summed E-state index contributed by atoms with van der Waals surface area (Å²) in [6, 6.07) is 9.12. The van der Waals surface area contributed by atoms with Crippen LogP contribution < -0.4 is 0 Å². The smallest absolute Gasteiger partial charge is 0.272 e. The highest BCUT2D eigenvalue weighted by atomic mass is 35.5. The van der Waals surface area contributed by atoms with E-state index in [1.165, 1.54) is 0 Å². The van der Waals surface area contributed by atoms with E-state index in [-0.39, 0.29) is 5.91 Å². The van der Waals surface area contributed by atoms with E-state index >= 15 is 0 Å². The van der Waals surface area contributed by atoms with Gasteiger partial charge >= 0.3 is 0 Å². The van der Waals surface area contributed by atoms with Crippen LogP contribution in [0.25, 0.3) is 10.9 Å². The Labute approximate surface area is 128 Å². The number of aromatic nitrogens is 1. The number of carbonyl (C=O) groups is 1. The molecule has 1 saturated heterocycles. The van der Waals surface area contributed by atoms with Crippen LogP contribution in [-0.4, -0.2) is 39.6 Å². The average Bonchev–Trinajstić information content (AvgIpc) is 2.46. The Morgan fingerprint density at radius 2 is 2.00 bits per heavy atom. The molecule has 1 aromatic carbocycles. The molecule has 5 heteroatoms. The first-order chi connectivity index (χ1) is 9.96. The van der Waals surface area contributed by atoms with E-state index in [9.17, 15) is 9.90 Å². The highest BCUT2D eigenvalue weighted by Crippen LogP contribution is 2.25. The molecule has 1 aliphatic rings. The molecule has 1 amide bonds. The molecule has 0 atom stereocenters. The van der Waals surface area contributed by atoms with Crippen molar-refractivity contribution in [2.75, 3.05) is 13.1 Å². The summed E-state index contributed by atoms with van der Waals surface area (Å²) in [5.41, 5.74) is 0.406. The number of halogens is 1. The van der Waals surface area contributed by atoms with Gasteiger partial charge in [0.25, 0.3) is 5.91 Å². The molecule has 2 aromatic rings. The number of likely N-dealkylation sites (tertiary alicyclic amines) is 1. The minimum Gasteiger partial charge on any atom is -0.390 e. The van der Waals surface area contributed by atoms with Gasteiger partial charge in [0.1, 0.15) is 5.69 Å². The molecular formula is C16H17ClN2O2. The maximum atomic E-state index is 12.5. The molecule has 0 bridgehead atoms. The lowest BCUT2D eigenvalue weighted by Gasteiger charge is -2.35. The predicted octanol–water partition coefficient (Wildman–Crippen LogP) is 2.88. The summed E-state index contributed by atoms with van der Waals surface area (Å²) in [6.45, 7) is 2.88.